The Morgan fingerprint density at radius 2 is 1.56 bits per heavy atom. The second-order valence-corrected chi connectivity index (χ2v) is 5.61. The quantitative estimate of drug-likeness (QED) is 0.448. The Kier molecular flexibility index (Phi) is 5.27. The van der Waals surface area contributed by atoms with Gasteiger partial charge in [0.15, 0.2) is 0 Å². The van der Waals surface area contributed by atoms with Gasteiger partial charge in [0.2, 0.25) is 9.49 Å². The monoisotopic (exact) mass is 283 g/mol. The molecule has 0 spiro atoms. The van der Waals surface area contributed by atoms with E-state index in [0.717, 1.165) is 0 Å². The zero-order chi connectivity index (χ0) is 12.0. The molecule has 0 saturated carbocycles. The van der Waals surface area contributed by atoms with E-state index in [4.69, 9.17) is 0 Å². The van der Waals surface area contributed by atoms with Gasteiger partial charge in [0, 0.05) is 0 Å². The zero-order valence-electron chi connectivity index (χ0n) is 7.52. The number of halogens is 3. The number of aliphatic imine (C=N–C) groups is 1. The molecular weight excluding hydrogens is 279 g/mol. The van der Waals surface area contributed by atoms with E-state index in [1.807, 2.05) is 0 Å². The molecule has 0 aliphatic rings. The average Bonchev–Trinajstić information content (AvgIpc) is 2.34. The molecule has 0 bridgehead atoms. The molecule has 8 heteroatoms. The highest BCUT2D eigenvalue weighted by Crippen LogP contribution is 2.56. The lowest BCUT2D eigenvalue weighted by Crippen LogP contribution is -2.07. The Hall–Kier alpha value is -0.560. The fourth-order valence-electron chi connectivity index (χ4n) is 0.962. The van der Waals surface area contributed by atoms with Crippen LogP contribution < -0.4 is 0 Å². The van der Waals surface area contributed by atoms with Crippen LogP contribution in [0.2, 0.25) is 0 Å². The standard InChI is InChI=1S/C8H4F3NOS3/c9-14-8(15-10,16-11)6-1-3-7(4-2-6)12-5-13/h1-4H. The van der Waals surface area contributed by atoms with Gasteiger partial charge in [-0.25, -0.2) is 4.79 Å². The van der Waals surface area contributed by atoms with Crippen LogP contribution in [-0.2, 0) is 8.21 Å². The molecule has 16 heavy (non-hydrogen) atoms. The van der Waals surface area contributed by atoms with Crippen molar-refractivity contribution in [2.45, 2.75) is 3.41 Å². The van der Waals surface area contributed by atoms with Crippen LogP contribution in [0.4, 0.5) is 17.3 Å². The van der Waals surface area contributed by atoms with Crippen molar-refractivity contribution >= 4 is 48.2 Å². The third kappa shape index (κ3) is 2.76. The van der Waals surface area contributed by atoms with E-state index in [-0.39, 0.29) is 11.3 Å². The first-order valence-corrected chi connectivity index (χ1v) is 5.95. The van der Waals surface area contributed by atoms with E-state index in [2.05, 4.69) is 4.99 Å². The molecule has 0 N–H and O–H groups in total. The zero-order valence-corrected chi connectivity index (χ0v) is 9.97. The lowest BCUT2D eigenvalue weighted by molar-refractivity contribution is 0.565. The smallest absolute Gasteiger partial charge is 0.211 e. The molecule has 0 aliphatic carbocycles. The highest BCUT2D eigenvalue weighted by Gasteiger charge is 2.38. The molecule has 0 aromatic heterocycles. The van der Waals surface area contributed by atoms with Crippen LogP contribution in [0.25, 0.3) is 0 Å². The van der Waals surface area contributed by atoms with Crippen molar-refractivity contribution in [2.24, 2.45) is 4.99 Å². The lowest BCUT2D eigenvalue weighted by Gasteiger charge is -2.19. The van der Waals surface area contributed by atoms with Crippen LogP contribution in [-0.4, -0.2) is 6.08 Å². The molecule has 1 rings (SSSR count). The van der Waals surface area contributed by atoms with Gasteiger partial charge in [-0.3, -0.25) is 0 Å². The van der Waals surface area contributed by atoms with Crippen LogP contribution in [0.15, 0.2) is 29.3 Å². The van der Waals surface area contributed by atoms with Gasteiger partial charge in [-0.15, -0.1) is 0 Å². The number of hydrogen-bond acceptors (Lipinski definition) is 5. The predicted octanol–water partition coefficient (Wildman–Crippen LogP) is 4.62. The van der Waals surface area contributed by atoms with Crippen molar-refractivity contribution in [1.82, 2.24) is 0 Å². The molecule has 0 fully saturated rings. The molecule has 0 atom stereocenters. The first kappa shape index (κ1) is 13.5. The molecule has 2 nitrogen and oxygen atoms in total. The molecular formula is C8H4F3NOS3. The summed E-state index contributed by atoms with van der Waals surface area (Å²) >= 11 is -1.33. The van der Waals surface area contributed by atoms with Crippen LogP contribution in [0, 0.1) is 0 Å². The van der Waals surface area contributed by atoms with Crippen molar-refractivity contribution in [3.05, 3.63) is 29.8 Å². The van der Waals surface area contributed by atoms with Crippen LogP contribution in [0.5, 0.6) is 0 Å². The molecule has 0 saturated heterocycles. The molecule has 0 unspecified atom stereocenters. The second-order valence-electron chi connectivity index (χ2n) is 2.54. The number of rotatable bonds is 5. The number of hydrogen-bond donors (Lipinski definition) is 0. The van der Waals surface area contributed by atoms with E-state index in [1.165, 1.54) is 30.3 Å². The Bertz CT molecular complexity index is 382. The summed E-state index contributed by atoms with van der Waals surface area (Å²) < 4.78 is 35.7. The summed E-state index contributed by atoms with van der Waals surface area (Å²) in [6.45, 7) is 0. The Morgan fingerprint density at radius 1 is 1.06 bits per heavy atom. The summed E-state index contributed by atoms with van der Waals surface area (Å²) in [6.07, 6.45) is 1.32. The minimum absolute atomic E-state index is 0.102. The van der Waals surface area contributed by atoms with Crippen molar-refractivity contribution in [1.29, 1.82) is 0 Å². The van der Waals surface area contributed by atoms with E-state index >= 15 is 0 Å². The summed E-state index contributed by atoms with van der Waals surface area (Å²) in [5, 5.41) is 0. The van der Waals surface area contributed by atoms with Crippen molar-refractivity contribution < 1.29 is 16.5 Å². The molecule has 0 radical (unpaired) electrons. The maximum Gasteiger partial charge on any atom is 0.240 e. The van der Waals surface area contributed by atoms with Crippen LogP contribution in [0.3, 0.4) is 0 Å². The molecule has 0 aliphatic heterocycles. The summed E-state index contributed by atoms with van der Waals surface area (Å²) in [4.78, 5) is 13.2. The van der Waals surface area contributed by atoms with Gasteiger partial charge in [0.25, 0.3) is 0 Å². The van der Waals surface area contributed by atoms with Gasteiger partial charge in [-0.1, -0.05) is 12.1 Å². The SMILES string of the molecule is O=C=Nc1ccc(C(SF)(SF)SF)cc1. The molecule has 1 aromatic carbocycles. The fourth-order valence-corrected chi connectivity index (χ4v) is 1.92. The van der Waals surface area contributed by atoms with E-state index in [9.17, 15) is 16.5 Å². The van der Waals surface area contributed by atoms with Crippen LogP contribution >= 0.6 is 36.4 Å². The predicted molar refractivity (Wildman–Crippen MR) is 62.0 cm³/mol. The first-order valence-electron chi connectivity index (χ1n) is 3.80. The summed E-state index contributed by atoms with van der Waals surface area (Å²) in [7, 11) is 0. The molecule has 86 valence electrons. The molecule has 1 aromatic rings. The maximum atomic E-state index is 12.6. The summed E-state index contributed by atoms with van der Waals surface area (Å²) in [6, 6.07) is 5.28. The number of benzene rings is 1. The third-order valence-electron chi connectivity index (χ3n) is 1.70. The Labute approximate surface area is 103 Å². The normalized spacial score (nSPS) is 10.9. The van der Waals surface area contributed by atoms with Gasteiger partial charge in [0.1, 0.15) is 0 Å². The Balaban J connectivity index is 3.07. The van der Waals surface area contributed by atoms with Gasteiger partial charge < -0.3 is 0 Å². The van der Waals surface area contributed by atoms with Gasteiger partial charge in [0.05, 0.1) is 42.1 Å². The average molecular weight is 283 g/mol. The van der Waals surface area contributed by atoms with Gasteiger partial charge >= 0.3 is 0 Å². The number of carbonyl (C=O) groups excluding carboxylic acids is 1. The molecule has 0 heterocycles. The minimum Gasteiger partial charge on any atom is -0.211 e. The van der Waals surface area contributed by atoms with E-state index < -0.39 is 39.9 Å². The number of nitrogens with zero attached hydrogens (tertiary/aromatic N) is 1. The first-order chi connectivity index (χ1) is 7.72. The van der Waals surface area contributed by atoms with E-state index in [0.29, 0.717) is 0 Å². The molecule has 0 amide bonds. The second kappa shape index (κ2) is 6.24. The fraction of sp³-hybridized carbons (Fsp3) is 0.125. The van der Waals surface area contributed by atoms with Crippen molar-refractivity contribution in [3.63, 3.8) is 0 Å². The highest BCUT2D eigenvalue weighted by molar-refractivity contribution is 8.28. The third-order valence-corrected chi connectivity index (χ3v) is 4.15. The lowest BCUT2D eigenvalue weighted by atomic mass is 10.2. The summed E-state index contributed by atoms with van der Waals surface area (Å²) in [5.41, 5.74) is 0.383. The van der Waals surface area contributed by atoms with Gasteiger partial charge in [-0.2, -0.15) is 16.6 Å². The van der Waals surface area contributed by atoms with E-state index in [1.54, 1.807) is 0 Å². The maximum absolute atomic E-state index is 12.6. The highest BCUT2D eigenvalue weighted by atomic mass is 32.3. The van der Waals surface area contributed by atoms with Crippen LogP contribution in [0.1, 0.15) is 5.56 Å². The largest absolute Gasteiger partial charge is 0.240 e. The number of isocyanates is 1. The van der Waals surface area contributed by atoms with Gasteiger partial charge in [-0.05, 0) is 17.7 Å². The minimum atomic E-state index is -1.98. The van der Waals surface area contributed by atoms with Crippen molar-refractivity contribution in [2.75, 3.05) is 0 Å². The van der Waals surface area contributed by atoms with Crippen molar-refractivity contribution in [3.8, 4) is 0 Å². The topological polar surface area (TPSA) is 29.4 Å². The summed E-state index contributed by atoms with van der Waals surface area (Å²) in [5.74, 6) is 0. The Morgan fingerprint density at radius 3 is 1.94 bits per heavy atom.